The number of nitrogens with one attached hydrogen (secondary N) is 2. The molecule has 2 saturated heterocycles. The average molecular weight is 662 g/mol. The Morgan fingerprint density at radius 1 is 1.13 bits per heavy atom. The SMILES string of the molecule is C=CC(=O)NC(C)(C)c1ccc(N2C[C@H](CS(=O)(=O)C(F)(F)F)[C@H]2C)c2cnc(Nc3ccnc(N4CCC(OC)CC4)n3)cc12. The van der Waals surface area contributed by atoms with Crippen molar-refractivity contribution >= 4 is 49.8 Å². The van der Waals surface area contributed by atoms with E-state index in [2.05, 4.69) is 32.1 Å². The molecule has 4 heterocycles. The fraction of sp³-hybridized carbons (Fsp3) is 0.484. The molecule has 1 amide bonds. The van der Waals surface area contributed by atoms with E-state index in [4.69, 9.17) is 9.72 Å². The first-order chi connectivity index (χ1) is 21.6. The summed E-state index contributed by atoms with van der Waals surface area (Å²) in [5.41, 5.74) is -4.68. The lowest BCUT2D eigenvalue weighted by Gasteiger charge is -2.48. The summed E-state index contributed by atoms with van der Waals surface area (Å²) in [5, 5.41) is 7.63. The second kappa shape index (κ2) is 12.7. The number of sulfone groups is 1. The van der Waals surface area contributed by atoms with Crippen molar-refractivity contribution in [2.45, 2.75) is 56.8 Å². The maximum Gasteiger partial charge on any atom is 0.497 e. The van der Waals surface area contributed by atoms with Gasteiger partial charge in [0.15, 0.2) is 0 Å². The fourth-order valence-electron chi connectivity index (χ4n) is 6.08. The number of anilines is 4. The van der Waals surface area contributed by atoms with Crippen LogP contribution in [0.15, 0.2) is 49.3 Å². The summed E-state index contributed by atoms with van der Waals surface area (Å²) >= 11 is 0. The summed E-state index contributed by atoms with van der Waals surface area (Å²) < 4.78 is 68.3. The van der Waals surface area contributed by atoms with Gasteiger partial charge in [0.25, 0.3) is 0 Å². The number of ether oxygens (including phenoxy) is 1. The Balaban J connectivity index is 1.46. The van der Waals surface area contributed by atoms with Gasteiger partial charge < -0.3 is 25.2 Å². The van der Waals surface area contributed by atoms with Crippen LogP contribution in [0.2, 0.25) is 0 Å². The summed E-state index contributed by atoms with van der Waals surface area (Å²) in [5.74, 6) is -0.417. The van der Waals surface area contributed by atoms with Crippen molar-refractivity contribution in [3.05, 3.63) is 54.9 Å². The standard InChI is InChI=1S/C31H38F3N7O4S/c1-6-28(42)39-30(3,4)24-7-8-25(41-17-20(19(41)2)18-46(43,44)31(32,33)34)23-16-36-27(15-22(23)24)37-26-9-12-35-29(38-26)40-13-10-21(45-5)11-14-40/h6-9,12,15-16,19-21H,1,10-11,13-14,17-18H2,2-5H3,(H,39,42)(H,35,36,37,38)/t19-,20-/m1/s1. The van der Waals surface area contributed by atoms with E-state index in [0.717, 1.165) is 36.9 Å². The zero-order valence-electron chi connectivity index (χ0n) is 26.1. The van der Waals surface area contributed by atoms with Gasteiger partial charge in [0.1, 0.15) is 11.6 Å². The van der Waals surface area contributed by atoms with Crippen molar-refractivity contribution in [1.82, 2.24) is 20.3 Å². The molecule has 248 valence electrons. The molecule has 2 aromatic heterocycles. The van der Waals surface area contributed by atoms with Crippen LogP contribution in [0.5, 0.6) is 0 Å². The normalized spacial score (nSPS) is 19.5. The lowest BCUT2D eigenvalue weighted by molar-refractivity contribution is -0.118. The predicted octanol–water partition coefficient (Wildman–Crippen LogP) is 4.68. The third-order valence-electron chi connectivity index (χ3n) is 8.83. The maximum atomic E-state index is 13.1. The van der Waals surface area contributed by atoms with Gasteiger partial charge in [-0.1, -0.05) is 12.6 Å². The van der Waals surface area contributed by atoms with Gasteiger partial charge in [-0.25, -0.2) is 18.4 Å². The Morgan fingerprint density at radius 2 is 1.85 bits per heavy atom. The lowest BCUT2D eigenvalue weighted by atomic mass is 9.86. The van der Waals surface area contributed by atoms with E-state index in [1.807, 2.05) is 36.9 Å². The van der Waals surface area contributed by atoms with Crippen LogP contribution in [-0.2, 0) is 24.9 Å². The number of pyridine rings is 1. The number of methoxy groups -OCH3 is 1. The second-order valence-corrected chi connectivity index (χ2v) is 14.3. The third kappa shape index (κ3) is 6.75. The first kappa shape index (κ1) is 33.4. The molecular weight excluding hydrogens is 623 g/mol. The molecule has 2 N–H and O–H groups in total. The number of benzene rings is 1. The highest BCUT2D eigenvalue weighted by atomic mass is 32.2. The molecule has 11 nitrogen and oxygen atoms in total. The summed E-state index contributed by atoms with van der Waals surface area (Å²) in [6.07, 6.45) is 6.49. The Kier molecular flexibility index (Phi) is 9.19. The van der Waals surface area contributed by atoms with Crippen LogP contribution in [0, 0.1) is 5.92 Å². The number of hydrogen-bond acceptors (Lipinski definition) is 10. The van der Waals surface area contributed by atoms with Gasteiger partial charge >= 0.3 is 5.51 Å². The fourth-order valence-corrected chi connectivity index (χ4v) is 7.22. The maximum absolute atomic E-state index is 13.1. The van der Waals surface area contributed by atoms with Crippen LogP contribution < -0.4 is 20.4 Å². The van der Waals surface area contributed by atoms with Gasteiger partial charge in [-0.3, -0.25) is 4.79 Å². The van der Waals surface area contributed by atoms with E-state index in [0.29, 0.717) is 28.7 Å². The molecule has 0 spiro atoms. The van der Waals surface area contributed by atoms with E-state index < -0.39 is 38.6 Å². The quantitative estimate of drug-likeness (QED) is 0.296. The molecule has 0 unspecified atom stereocenters. The second-order valence-electron chi connectivity index (χ2n) is 12.2. The number of carbonyl (C=O) groups excluding carboxylic acids is 1. The van der Waals surface area contributed by atoms with Crippen LogP contribution in [-0.4, -0.2) is 79.4 Å². The van der Waals surface area contributed by atoms with Crippen molar-refractivity contribution < 1.29 is 31.1 Å². The summed E-state index contributed by atoms with van der Waals surface area (Å²) in [7, 11) is -3.53. The number of hydrogen-bond donors (Lipinski definition) is 2. The van der Waals surface area contributed by atoms with Crippen LogP contribution in [0.3, 0.4) is 0 Å². The highest BCUT2D eigenvalue weighted by Gasteiger charge is 2.50. The van der Waals surface area contributed by atoms with Crippen LogP contribution in [0.4, 0.5) is 36.4 Å². The minimum atomic E-state index is -5.29. The van der Waals surface area contributed by atoms with Gasteiger partial charge in [0.2, 0.25) is 21.7 Å². The van der Waals surface area contributed by atoms with Crippen molar-refractivity contribution in [2.75, 3.05) is 47.6 Å². The number of piperidine rings is 1. The largest absolute Gasteiger partial charge is 0.497 e. The van der Waals surface area contributed by atoms with Crippen LogP contribution in [0.25, 0.3) is 10.8 Å². The monoisotopic (exact) mass is 661 g/mol. The van der Waals surface area contributed by atoms with Gasteiger partial charge in [-0.05, 0) is 68.8 Å². The molecule has 0 bridgehead atoms. The molecule has 46 heavy (non-hydrogen) atoms. The van der Waals surface area contributed by atoms with E-state index in [1.54, 1.807) is 32.5 Å². The summed E-state index contributed by atoms with van der Waals surface area (Å²) in [6.45, 7) is 10.6. The summed E-state index contributed by atoms with van der Waals surface area (Å²) in [6, 6.07) is 6.77. The number of rotatable bonds is 10. The Morgan fingerprint density at radius 3 is 2.48 bits per heavy atom. The third-order valence-corrected chi connectivity index (χ3v) is 10.4. The minimum absolute atomic E-state index is 0.132. The molecule has 2 aliphatic heterocycles. The highest BCUT2D eigenvalue weighted by molar-refractivity contribution is 7.92. The molecular formula is C31H38F3N7O4S. The van der Waals surface area contributed by atoms with Crippen LogP contribution >= 0.6 is 0 Å². The number of aromatic nitrogens is 3. The number of alkyl halides is 3. The highest BCUT2D eigenvalue weighted by Crippen LogP contribution is 2.41. The Labute approximate surface area is 266 Å². The van der Waals surface area contributed by atoms with E-state index in [9.17, 15) is 26.4 Å². The van der Waals surface area contributed by atoms with Crippen molar-refractivity contribution in [1.29, 1.82) is 0 Å². The Hall–Kier alpha value is -3.98. The van der Waals surface area contributed by atoms with Crippen molar-refractivity contribution in [3.8, 4) is 0 Å². The van der Waals surface area contributed by atoms with Gasteiger partial charge in [-0.15, -0.1) is 0 Å². The number of nitrogens with zero attached hydrogens (tertiary/aromatic N) is 5. The molecule has 2 aliphatic rings. The van der Waals surface area contributed by atoms with Gasteiger partial charge in [0.05, 0.1) is 17.4 Å². The predicted molar refractivity (Wildman–Crippen MR) is 171 cm³/mol. The first-order valence-corrected chi connectivity index (χ1v) is 16.6. The molecule has 1 aromatic carbocycles. The zero-order chi connectivity index (χ0) is 33.4. The molecule has 2 atom stereocenters. The zero-order valence-corrected chi connectivity index (χ0v) is 27.0. The lowest BCUT2D eigenvalue weighted by Crippen LogP contribution is -2.58. The van der Waals surface area contributed by atoms with E-state index in [1.165, 1.54) is 6.08 Å². The number of halogens is 3. The van der Waals surface area contributed by atoms with Gasteiger partial charge in [-0.2, -0.15) is 18.2 Å². The molecule has 3 aromatic rings. The molecule has 15 heteroatoms. The van der Waals surface area contributed by atoms with Gasteiger partial charge in [0, 0.05) is 62.2 Å². The minimum Gasteiger partial charge on any atom is -0.381 e. The number of amides is 1. The number of carbonyl (C=O) groups is 1. The first-order valence-electron chi connectivity index (χ1n) is 14.9. The molecule has 0 aliphatic carbocycles. The molecule has 2 fully saturated rings. The molecule has 0 radical (unpaired) electrons. The van der Waals surface area contributed by atoms with Crippen molar-refractivity contribution in [2.24, 2.45) is 5.92 Å². The molecule has 5 rings (SSSR count). The Bertz CT molecular complexity index is 1730. The van der Waals surface area contributed by atoms with Crippen molar-refractivity contribution in [3.63, 3.8) is 0 Å². The smallest absolute Gasteiger partial charge is 0.381 e. The van der Waals surface area contributed by atoms with Crippen LogP contribution in [0.1, 0.15) is 39.2 Å². The van der Waals surface area contributed by atoms with E-state index >= 15 is 0 Å². The van der Waals surface area contributed by atoms with E-state index in [-0.39, 0.29) is 18.6 Å². The summed E-state index contributed by atoms with van der Waals surface area (Å²) in [4.78, 5) is 30.1. The number of fused-ring (bicyclic) bond motifs is 1. The topological polar surface area (TPSA) is 130 Å². The average Bonchev–Trinajstić information content (AvgIpc) is 3.01. The molecule has 0 saturated carbocycles.